The van der Waals surface area contributed by atoms with Crippen LogP contribution in [0.5, 0.6) is 0 Å². The molecular weight excluding hydrogens is 585 g/mol. The zero-order chi connectivity index (χ0) is 30.8. The minimum Gasteiger partial charge on any atom is -0.446 e. The van der Waals surface area contributed by atoms with Crippen molar-refractivity contribution in [2.75, 3.05) is 57.3 Å². The Morgan fingerprint density at radius 3 is 2.21 bits per heavy atom. The number of carbonyl (C=O) groups is 3. The van der Waals surface area contributed by atoms with Gasteiger partial charge in [-0.1, -0.05) is 17.7 Å². The maximum absolute atomic E-state index is 14.2. The lowest BCUT2D eigenvalue weighted by Crippen LogP contribution is -2.43. The Bertz CT molecular complexity index is 1370. The van der Waals surface area contributed by atoms with Crippen LogP contribution in [0.25, 0.3) is 0 Å². The molecule has 2 atom stereocenters. The summed E-state index contributed by atoms with van der Waals surface area (Å²) in [7, 11) is 0. The van der Waals surface area contributed by atoms with E-state index in [0.29, 0.717) is 74.8 Å². The lowest BCUT2D eigenvalue weighted by Gasteiger charge is -2.32. The van der Waals surface area contributed by atoms with Crippen LogP contribution in [-0.4, -0.2) is 91.1 Å². The Hall–Kier alpha value is -3.31. The minimum atomic E-state index is -1.32. The summed E-state index contributed by atoms with van der Waals surface area (Å²) >= 11 is 6.38. The number of hydrogen-bond acceptors (Lipinski definition) is 5. The number of rotatable bonds is 7. The number of carbonyl (C=O) groups excluding carboxylic acids is 3. The number of benzene rings is 2. The molecule has 0 N–H and O–H groups in total. The maximum Gasteiger partial charge on any atom is 0.414 e. The zero-order valence-corrected chi connectivity index (χ0v) is 25.1. The molecule has 0 aliphatic carbocycles. The number of anilines is 1. The monoisotopic (exact) mass is 620 g/mol. The van der Waals surface area contributed by atoms with Crippen molar-refractivity contribution in [1.82, 2.24) is 14.7 Å². The van der Waals surface area contributed by atoms with Crippen molar-refractivity contribution in [3.63, 3.8) is 0 Å². The highest BCUT2D eigenvalue weighted by atomic mass is 35.5. The number of hydrogen-bond donors (Lipinski definition) is 0. The Labute approximate surface area is 254 Å². The van der Waals surface area contributed by atoms with Gasteiger partial charge in [0, 0.05) is 82.4 Å². The molecule has 0 saturated carbocycles. The van der Waals surface area contributed by atoms with E-state index in [1.807, 2.05) is 19.1 Å². The lowest BCUT2D eigenvalue weighted by molar-refractivity contribution is -0.130. The standard InChI is InChI=1S/C31H36ClF3N4O4/c1-19-4-5-23(12-26(19)32)39(31(42)43-24-6-10-37(11-7-24)20(2)40)9-3-8-36-15-21-17-38(18-22(21)16-36)30(41)25-13-28(34)29(35)14-27(25)33/h4-5,12-14,21-22,24H,3,6-11,15-18H2,1-2H3. The smallest absolute Gasteiger partial charge is 0.414 e. The van der Waals surface area contributed by atoms with E-state index in [1.165, 1.54) is 11.8 Å². The lowest BCUT2D eigenvalue weighted by atomic mass is 10.0. The van der Waals surface area contributed by atoms with E-state index in [9.17, 15) is 27.6 Å². The van der Waals surface area contributed by atoms with Crippen LogP contribution < -0.4 is 4.90 Å². The second-order valence-electron chi connectivity index (χ2n) is 11.8. The second kappa shape index (κ2) is 13.1. The number of piperidine rings is 1. The zero-order valence-electron chi connectivity index (χ0n) is 24.3. The van der Waals surface area contributed by atoms with Crippen molar-refractivity contribution in [2.45, 2.75) is 39.2 Å². The van der Waals surface area contributed by atoms with Crippen LogP contribution in [0.1, 0.15) is 42.1 Å². The first-order chi connectivity index (χ1) is 20.5. The van der Waals surface area contributed by atoms with E-state index in [0.717, 1.165) is 25.2 Å². The predicted octanol–water partition coefficient (Wildman–Crippen LogP) is 5.11. The number of halogens is 4. The maximum atomic E-state index is 14.2. The summed E-state index contributed by atoms with van der Waals surface area (Å²) < 4.78 is 47.0. The average molecular weight is 621 g/mol. The molecule has 3 fully saturated rings. The molecule has 12 heteroatoms. The van der Waals surface area contributed by atoms with Gasteiger partial charge in [-0.3, -0.25) is 14.5 Å². The van der Waals surface area contributed by atoms with Gasteiger partial charge < -0.3 is 19.4 Å². The molecule has 232 valence electrons. The van der Waals surface area contributed by atoms with E-state index in [1.54, 1.807) is 15.9 Å². The van der Waals surface area contributed by atoms with Crippen LogP contribution >= 0.6 is 11.6 Å². The van der Waals surface area contributed by atoms with Crippen LogP contribution in [0, 0.1) is 36.2 Å². The Morgan fingerprint density at radius 2 is 1.58 bits per heavy atom. The minimum absolute atomic E-state index is 0.0169. The summed E-state index contributed by atoms with van der Waals surface area (Å²) in [6.45, 7) is 7.99. The molecule has 3 aliphatic rings. The molecule has 3 heterocycles. The first-order valence-electron chi connectivity index (χ1n) is 14.7. The molecule has 2 aromatic rings. The third-order valence-corrected chi connectivity index (χ3v) is 9.19. The van der Waals surface area contributed by atoms with Crippen molar-refractivity contribution in [3.8, 4) is 0 Å². The van der Waals surface area contributed by atoms with E-state index in [4.69, 9.17) is 16.3 Å². The summed E-state index contributed by atoms with van der Waals surface area (Å²) in [6, 6.07) is 6.51. The number of nitrogens with zero attached hydrogens (tertiary/aromatic N) is 4. The van der Waals surface area contributed by atoms with Crippen LogP contribution in [0.15, 0.2) is 30.3 Å². The molecule has 0 spiro atoms. The van der Waals surface area contributed by atoms with Gasteiger partial charge in [0.25, 0.3) is 5.91 Å². The molecule has 5 rings (SSSR count). The molecule has 3 saturated heterocycles. The third-order valence-electron chi connectivity index (χ3n) is 8.79. The van der Waals surface area contributed by atoms with E-state index in [2.05, 4.69) is 4.90 Å². The van der Waals surface area contributed by atoms with Crippen LogP contribution in [-0.2, 0) is 9.53 Å². The third kappa shape index (κ3) is 7.09. The summed E-state index contributed by atoms with van der Waals surface area (Å²) in [4.78, 5) is 45.0. The number of fused-ring (bicyclic) bond motifs is 1. The highest BCUT2D eigenvalue weighted by molar-refractivity contribution is 6.31. The van der Waals surface area contributed by atoms with Gasteiger partial charge in [0.2, 0.25) is 5.91 Å². The first kappa shape index (κ1) is 31.1. The fourth-order valence-electron chi connectivity index (χ4n) is 6.32. The molecule has 0 radical (unpaired) electrons. The van der Waals surface area contributed by atoms with Gasteiger partial charge in [-0.2, -0.15) is 0 Å². The summed E-state index contributed by atoms with van der Waals surface area (Å²) in [5, 5.41) is 0.555. The number of aryl methyl sites for hydroxylation is 1. The fraction of sp³-hybridized carbons (Fsp3) is 0.516. The number of likely N-dealkylation sites (tertiary alicyclic amines) is 3. The van der Waals surface area contributed by atoms with Gasteiger partial charge in [0.15, 0.2) is 11.6 Å². The van der Waals surface area contributed by atoms with Crippen LogP contribution in [0.2, 0.25) is 5.02 Å². The van der Waals surface area contributed by atoms with Crippen LogP contribution in [0.4, 0.5) is 23.7 Å². The Morgan fingerprint density at radius 1 is 0.930 bits per heavy atom. The molecule has 43 heavy (non-hydrogen) atoms. The van der Waals surface area contributed by atoms with E-state index >= 15 is 0 Å². The van der Waals surface area contributed by atoms with Crippen molar-refractivity contribution in [3.05, 3.63) is 63.9 Å². The van der Waals surface area contributed by atoms with Crippen LogP contribution in [0.3, 0.4) is 0 Å². The fourth-order valence-corrected chi connectivity index (χ4v) is 6.49. The van der Waals surface area contributed by atoms with Gasteiger partial charge in [-0.05, 0) is 55.5 Å². The SMILES string of the molecule is CC(=O)N1CCC(OC(=O)N(CCCN2CC3CN(C(=O)c4cc(F)c(F)cc4F)CC3C2)c2ccc(C)c(Cl)c2)CC1. The summed E-state index contributed by atoms with van der Waals surface area (Å²) in [5.74, 6) is -3.87. The molecule has 3 aliphatic heterocycles. The number of ether oxygens (including phenoxy) is 1. The summed E-state index contributed by atoms with van der Waals surface area (Å²) in [6.07, 6.45) is 1.14. The van der Waals surface area contributed by atoms with Crippen molar-refractivity contribution in [1.29, 1.82) is 0 Å². The molecule has 3 amide bonds. The van der Waals surface area contributed by atoms with Gasteiger partial charge in [0.1, 0.15) is 11.9 Å². The topological polar surface area (TPSA) is 73.4 Å². The van der Waals surface area contributed by atoms with Gasteiger partial charge in [-0.15, -0.1) is 0 Å². The first-order valence-corrected chi connectivity index (χ1v) is 15.0. The molecule has 0 bridgehead atoms. The molecule has 0 aromatic heterocycles. The Balaban J connectivity index is 1.15. The second-order valence-corrected chi connectivity index (χ2v) is 12.2. The van der Waals surface area contributed by atoms with Crippen molar-refractivity contribution >= 4 is 35.2 Å². The average Bonchev–Trinajstić information content (AvgIpc) is 3.54. The largest absolute Gasteiger partial charge is 0.446 e. The normalized spacial score (nSPS) is 20.8. The van der Waals surface area contributed by atoms with E-state index < -0.39 is 35.0 Å². The van der Waals surface area contributed by atoms with E-state index in [-0.39, 0.29) is 23.8 Å². The predicted molar refractivity (Wildman–Crippen MR) is 156 cm³/mol. The highest BCUT2D eigenvalue weighted by Gasteiger charge is 2.42. The molecule has 2 aromatic carbocycles. The quantitative estimate of drug-likeness (QED) is 0.402. The number of amides is 3. The summed E-state index contributed by atoms with van der Waals surface area (Å²) in [5.41, 5.74) is 1.10. The van der Waals surface area contributed by atoms with Gasteiger partial charge in [0.05, 0.1) is 5.56 Å². The highest BCUT2D eigenvalue weighted by Crippen LogP contribution is 2.33. The Kier molecular flexibility index (Phi) is 9.51. The molecule has 8 nitrogen and oxygen atoms in total. The molecular formula is C31H36ClF3N4O4. The molecule has 2 unspecified atom stereocenters. The van der Waals surface area contributed by atoms with Gasteiger partial charge in [-0.25, -0.2) is 18.0 Å². The van der Waals surface area contributed by atoms with Gasteiger partial charge >= 0.3 is 6.09 Å². The van der Waals surface area contributed by atoms with Crippen molar-refractivity contribution in [2.24, 2.45) is 11.8 Å². The van der Waals surface area contributed by atoms with Crippen molar-refractivity contribution < 1.29 is 32.3 Å².